The van der Waals surface area contributed by atoms with Gasteiger partial charge in [-0.2, -0.15) is 4.31 Å². The molecule has 1 atom stereocenters. The van der Waals surface area contributed by atoms with Crippen molar-refractivity contribution in [1.29, 1.82) is 0 Å². The smallest absolute Gasteiger partial charge is 0.255 e. The molecular formula is C21H22F2N2O6S. The molecule has 172 valence electrons. The summed E-state index contributed by atoms with van der Waals surface area (Å²) in [5.41, 5.74) is 0.00692. The first-order chi connectivity index (χ1) is 15.2. The van der Waals surface area contributed by atoms with Crippen molar-refractivity contribution < 1.29 is 36.6 Å². The van der Waals surface area contributed by atoms with E-state index >= 15 is 0 Å². The third-order valence-electron chi connectivity index (χ3n) is 5.03. The molecule has 2 N–H and O–H groups in total. The van der Waals surface area contributed by atoms with Crippen LogP contribution in [0.15, 0.2) is 41.3 Å². The summed E-state index contributed by atoms with van der Waals surface area (Å²) in [6, 6.07) is 6.87. The van der Waals surface area contributed by atoms with Gasteiger partial charge < -0.3 is 19.9 Å². The minimum atomic E-state index is -4.13. The molecule has 1 aliphatic carbocycles. The van der Waals surface area contributed by atoms with Crippen molar-refractivity contribution in [3.8, 4) is 5.75 Å². The monoisotopic (exact) mass is 468 g/mol. The Bertz CT molecular complexity index is 1120. The van der Waals surface area contributed by atoms with Crippen LogP contribution in [0.5, 0.6) is 5.75 Å². The molecule has 11 heteroatoms. The van der Waals surface area contributed by atoms with Crippen LogP contribution in [0.2, 0.25) is 0 Å². The Morgan fingerprint density at radius 1 is 1.16 bits per heavy atom. The number of halogens is 2. The van der Waals surface area contributed by atoms with Crippen LogP contribution in [0.1, 0.15) is 23.2 Å². The van der Waals surface area contributed by atoms with Crippen LogP contribution < -0.4 is 10.1 Å². The number of amides is 1. The Balaban J connectivity index is 1.65. The quantitative estimate of drug-likeness (QED) is 0.673. The van der Waals surface area contributed by atoms with E-state index in [9.17, 15) is 27.1 Å². The Kier molecular flexibility index (Phi) is 6.42. The Morgan fingerprint density at radius 2 is 1.94 bits per heavy atom. The summed E-state index contributed by atoms with van der Waals surface area (Å²) >= 11 is 0. The second-order valence-electron chi connectivity index (χ2n) is 7.65. The van der Waals surface area contributed by atoms with Crippen LogP contribution in [-0.2, 0) is 14.8 Å². The summed E-state index contributed by atoms with van der Waals surface area (Å²) in [5.74, 6) is -2.77. The third kappa shape index (κ3) is 5.07. The van der Waals surface area contributed by atoms with Gasteiger partial charge in [0.15, 0.2) is 11.6 Å². The van der Waals surface area contributed by atoms with E-state index in [0.717, 1.165) is 29.3 Å². The highest BCUT2D eigenvalue weighted by molar-refractivity contribution is 7.89. The molecule has 2 aromatic rings. The van der Waals surface area contributed by atoms with Gasteiger partial charge in [-0.15, -0.1) is 0 Å². The SMILES string of the molecule is O=C(Nc1ccc(F)c(F)c1)c1ccc(OC2CC2)c(S(=O)(=O)N2CCOCC(O)C2)c1. The second-order valence-corrected chi connectivity index (χ2v) is 9.56. The molecule has 2 aliphatic rings. The number of sulfonamides is 1. The van der Waals surface area contributed by atoms with E-state index in [-0.39, 0.29) is 54.3 Å². The number of hydrogen-bond donors (Lipinski definition) is 2. The molecule has 1 saturated heterocycles. The Hall–Kier alpha value is -2.60. The first kappa shape index (κ1) is 22.6. The van der Waals surface area contributed by atoms with Gasteiger partial charge in [0.25, 0.3) is 5.91 Å². The molecule has 1 unspecified atom stereocenters. The molecule has 1 saturated carbocycles. The summed E-state index contributed by atoms with van der Waals surface area (Å²) in [4.78, 5) is 12.5. The normalized spacial score (nSPS) is 19.9. The average molecular weight is 468 g/mol. The molecule has 0 aromatic heterocycles. The molecule has 8 nitrogen and oxygen atoms in total. The molecule has 1 aliphatic heterocycles. The fraction of sp³-hybridized carbons (Fsp3) is 0.381. The molecular weight excluding hydrogens is 446 g/mol. The zero-order valence-corrected chi connectivity index (χ0v) is 17.8. The van der Waals surface area contributed by atoms with Crippen molar-refractivity contribution in [2.75, 3.05) is 31.6 Å². The van der Waals surface area contributed by atoms with E-state index in [2.05, 4.69) is 5.32 Å². The standard InChI is InChI=1S/C21H22F2N2O6S/c22-17-5-2-14(10-18(17)23)24-21(27)13-1-6-19(31-16-3-4-16)20(9-13)32(28,29)25-7-8-30-12-15(26)11-25/h1-2,5-6,9-10,15-16,26H,3-4,7-8,11-12H2,(H,24,27). The molecule has 1 amide bonds. The lowest BCUT2D eigenvalue weighted by Crippen LogP contribution is -2.38. The number of nitrogens with zero attached hydrogens (tertiary/aromatic N) is 1. The fourth-order valence-corrected chi connectivity index (χ4v) is 4.82. The lowest BCUT2D eigenvalue weighted by Gasteiger charge is -2.23. The predicted molar refractivity (Wildman–Crippen MR) is 110 cm³/mol. The van der Waals surface area contributed by atoms with E-state index in [4.69, 9.17) is 9.47 Å². The molecule has 4 rings (SSSR count). The lowest BCUT2D eigenvalue weighted by molar-refractivity contribution is 0.0583. The van der Waals surface area contributed by atoms with Crippen LogP contribution in [0.3, 0.4) is 0 Å². The number of ether oxygens (including phenoxy) is 2. The van der Waals surface area contributed by atoms with Crippen LogP contribution >= 0.6 is 0 Å². The van der Waals surface area contributed by atoms with Gasteiger partial charge in [0, 0.05) is 30.4 Å². The number of carbonyl (C=O) groups is 1. The largest absolute Gasteiger partial charge is 0.489 e. The molecule has 2 fully saturated rings. The van der Waals surface area contributed by atoms with Crippen molar-refractivity contribution in [3.63, 3.8) is 0 Å². The summed E-state index contributed by atoms with van der Waals surface area (Å²) in [7, 11) is -4.13. The van der Waals surface area contributed by atoms with Gasteiger partial charge in [-0.05, 0) is 43.2 Å². The van der Waals surface area contributed by atoms with Gasteiger partial charge in [-0.3, -0.25) is 4.79 Å². The van der Waals surface area contributed by atoms with Crippen LogP contribution in [0.25, 0.3) is 0 Å². The topological polar surface area (TPSA) is 105 Å². The first-order valence-corrected chi connectivity index (χ1v) is 11.5. The Morgan fingerprint density at radius 3 is 2.66 bits per heavy atom. The lowest BCUT2D eigenvalue weighted by atomic mass is 10.2. The maximum Gasteiger partial charge on any atom is 0.255 e. The number of rotatable bonds is 6. The zero-order valence-electron chi connectivity index (χ0n) is 17.0. The van der Waals surface area contributed by atoms with Crippen molar-refractivity contribution in [3.05, 3.63) is 53.6 Å². The molecule has 2 aromatic carbocycles. The molecule has 1 heterocycles. The van der Waals surface area contributed by atoms with E-state index in [1.165, 1.54) is 24.3 Å². The third-order valence-corrected chi connectivity index (χ3v) is 6.92. The predicted octanol–water partition coefficient (Wildman–Crippen LogP) is 2.14. The van der Waals surface area contributed by atoms with Crippen LogP contribution in [0, 0.1) is 11.6 Å². The fourth-order valence-electron chi connectivity index (χ4n) is 3.21. The highest BCUT2D eigenvalue weighted by Gasteiger charge is 2.34. The van der Waals surface area contributed by atoms with Crippen molar-refractivity contribution in [1.82, 2.24) is 4.31 Å². The van der Waals surface area contributed by atoms with Crippen molar-refractivity contribution in [2.24, 2.45) is 0 Å². The van der Waals surface area contributed by atoms with Crippen LogP contribution in [0.4, 0.5) is 14.5 Å². The summed E-state index contributed by atoms with van der Waals surface area (Å²) < 4.78 is 65.4. The molecule has 0 radical (unpaired) electrons. The minimum Gasteiger partial charge on any atom is -0.489 e. The van der Waals surface area contributed by atoms with Gasteiger partial charge >= 0.3 is 0 Å². The van der Waals surface area contributed by atoms with Crippen LogP contribution in [-0.4, -0.2) is 62.2 Å². The van der Waals surface area contributed by atoms with Gasteiger partial charge in [-0.25, -0.2) is 17.2 Å². The summed E-state index contributed by atoms with van der Waals surface area (Å²) in [6.45, 7) is 0.0174. The Labute approximate surface area is 183 Å². The highest BCUT2D eigenvalue weighted by Crippen LogP contribution is 2.34. The maximum atomic E-state index is 13.4. The van der Waals surface area contributed by atoms with Gasteiger partial charge in [0.1, 0.15) is 10.6 Å². The number of anilines is 1. The molecule has 0 spiro atoms. The van der Waals surface area contributed by atoms with Gasteiger partial charge in [-0.1, -0.05) is 0 Å². The highest BCUT2D eigenvalue weighted by atomic mass is 32.2. The van der Waals surface area contributed by atoms with Gasteiger partial charge in [0.05, 0.1) is 25.4 Å². The molecule has 0 bridgehead atoms. The van der Waals surface area contributed by atoms with Gasteiger partial charge in [0.2, 0.25) is 10.0 Å². The summed E-state index contributed by atoms with van der Waals surface area (Å²) in [6.07, 6.45) is 0.520. The number of β-amino-alcohol motifs (C(OH)–C–C–N with tert-alkyl or cyclic N) is 1. The number of aliphatic hydroxyl groups is 1. The average Bonchev–Trinajstić information content (AvgIpc) is 3.58. The second kappa shape index (κ2) is 9.10. The van der Waals surface area contributed by atoms with E-state index in [0.29, 0.717) is 0 Å². The van der Waals surface area contributed by atoms with E-state index in [1.807, 2.05) is 0 Å². The number of carbonyl (C=O) groups excluding carboxylic acids is 1. The number of nitrogens with one attached hydrogen (secondary N) is 1. The first-order valence-electron chi connectivity index (χ1n) is 10.1. The minimum absolute atomic E-state index is 0.0110. The van der Waals surface area contributed by atoms with Crippen molar-refractivity contribution in [2.45, 2.75) is 29.9 Å². The zero-order chi connectivity index (χ0) is 22.9. The van der Waals surface area contributed by atoms with Crippen molar-refractivity contribution >= 4 is 21.6 Å². The van der Waals surface area contributed by atoms with E-state index in [1.54, 1.807) is 0 Å². The number of benzene rings is 2. The maximum absolute atomic E-state index is 13.4. The summed E-state index contributed by atoms with van der Waals surface area (Å²) in [5, 5.41) is 12.4. The molecule has 32 heavy (non-hydrogen) atoms. The number of aliphatic hydroxyl groups excluding tert-OH is 1. The van der Waals surface area contributed by atoms with E-state index < -0.39 is 33.7 Å². The number of hydrogen-bond acceptors (Lipinski definition) is 6.